The number of para-hydroxylation sites is 1. The highest BCUT2D eigenvalue weighted by Crippen LogP contribution is 2.14. The molecule has 1 rings (SSSR count). The van der Waals surface area contributed by atoms with Crippen molar-refractivity contribution in [1.82, 2.24) is 4.90 Å². The van der Waals surface area contributed by atoms with Gasteiger partial charge >= 0.3 is 0 Å². The number of aryl methyl sites for hydroxylation is 1. The van der Waals surface area contributed by atoms with Crippen molar-refractivity contribution in [3.63, 3.8) is 0 Å². The van der Waals surface area contributed by atoms with Crippen LogP contribution in [0.1, 0.15) is 12.5 Å². The number of anilines is 1. The lowest BCUT2D eigenvalue weighted by atomic mass is 10.1. The van der Waals surface area contributed by atoms with Crippen molar-refractivity contribution in [3.8, 4) is 0 Å². The average molecular weight is 220 g/mol. The van der Waals surface area contributed by atoms with Gasteiger partial charge in [0.25, 0.3) is 0 Å². The van der Waals surface area contributed by atoms with Crippen LogP contribution in [0.3, 0.4) is 0 Å². The van der Waals surface area contributed by atoms with E-state index < -0.39 is 0 Å². The van der Waals surface area contributed by atoms with E-state index in [0.717, 1.165) is 17.8 Å². The number of amides is 1. The van der Waals surface area contributed by atoms with Gasteiger partial charge in [-0.25, -0.2) is 0 Å². The maximum absolute atomic E-state index is 11.9. The van der Waals surface area contributed by atoms with Crippen LogP contribution in [0.5, 0.6) is 0 Å². The fourth-order valence-corrected chi connectivity index (χ4v) is 1.60. The summed E-state index contributed by atoms with van der Waals surface area (Å²) in [5.41, 5.74) is 1.99. The number of carbonyl (C=O) groups is 1. The Balaban J connectivity index is 2.61. The van der Waals surface area contributed by atoms with Crippen molar-refractivity contribution < 1.29 is 4.79 Å². The Hall–Kier alpha value is -1.35. The van der Waals surface area contributed by atoms with Crippen LogP contribution in [-0.2, 0) is 4.79 Å². The van der Waals surface area contributed by atoms with Crippen LogP contribution in [0.25, 0.3) is 0 Å². The van der Waals surface area contributed by atoms with Crippen LogP contribution in [0, 0.1) is 12.8 Å². The molecule has 1 amide bonds. The molecule has 0 saturated carbocycles. The molecule has 0 aliphatic heterocycles. The predicted octanol–water partition coefficient (Wildman–Crippen LogP) is 2.13. The van der Waals surface area contributed by atoms with E-state index in [4.69, 9.17) is 0 Å². The topological polar surface area (TPSA) is 32.3 Å². The second-order valence-electron chi connectivity index (χ2n) is 4.47. The minimum absolute atomic E-state index is 0.00499. The van der Waals surface area contributed by atoms with Gasteiger partial charge in [-0.15, -0.1) is 0 Å². The largest absolute Gasteiger partial charge is 0.326 e. The molecule has 1 aromatic rings. The first-order valence-electron chi connectivity index (χ1n) is 5.52. The Morgan fingerprint density at radius 1 is 1.38 bits per heavy atom. The Labute approximate surface area is 97.5 Å². The van der Waals surface area contributed by atoms with E-state index in [1.165, 1.54) is 0 Å². The minimum Gasteiger partial charge on any atom is -0.326 e. The molecule has 0 heterocycles. The number of hydrogen-bond acceptors (Lipinski definition) is 2. The average Bonchev–Trinajstić information content (AvgIpc) is 2.20. The third-order valence-corrected chi connectivity index (χ3v) is 2.49. The molecular formula is C13H20N2O. The van der Waals surface area contributed by atoms with Gasteiger partial charge in [-0.1, -0.05) is 25.1 Å². The van der Waals surface area contributed by atoms with Crippen LogP contribution in [0.15, 0.2) is 24.3 Å². The van der Waals surface area contributed by atoms with Gasteiger partial charge in [-0.2, -0.15) is 0 Å². The van der Waals surface area contributed by atoms with E-state index in [-0.39, 0.29) is 11.8 Å². The fraction of sp³-hybridized carbons (Fsp3) is 0.462. The summed E-state index contributed by atoms with van der Waals surface area (Å²) < 4.78 is 0. The standard InChI is InChI=1S/C13H20N2O/c1-10-7-5-6-8-12(10)14-13(16)11(2)9-15(3)4/h5-8,11H,9H2,1-4H3,(H,14,16). The van der Waals surface area contributed by atoms with Crippen molar-refractivity contribution in [2.45, 2.75) is 13.8 Å². The zero-order valence-corrected chi connectivity index (χ0v) is 10.4. The molecule has 0 saturated heterocycles. The number of benzene rings is 1. The van der Waals surface area contributed by atoms with Gasteiger partial charge in [0, 0.05) is 18.2 Å². The third kappa shape index (κ3) is 3.66. The maximum atomic E-state index is 11.9. The first kappa shape index (κ1) is 12.7. The minimum atomic E-state index is -0.00499. The van der Waals surface area contributed by atoms with Gasteiger partial charge < -0.3 is 10.2 Å². The first-order chi connectivity index (χ1) is 7.50. The number of nitrogens with zero attached hydrogens (tertiary/aromatic N) is 1. The van der Waals surface area contributed by atoms with Crippen molar-refractivity contribution in [3.05, 3.63) is 29.8 Å². The molecular weight excluding hydrogens is 200 g/mol. The molecule has 0 aliphatic rings. The summed E-state index contributed by atoms with van der Waals surface area (Å²) in [4.78, 5) is 13.9. The van der Waals surface area contributed by atoms with Gasteiger partial charge in [0.2, 0.25) is 5.91 Å². The van der Waals surface area contributed by atoms with Gasteiger partial charge in [-0.05, 0) is 32.6 Å². The zero-order chi connectivity index (χ0) is 12.1. The van der Waals surface area contributed by atoms with Crippen LogP contribution in [0.4, 0.5) is 5.69 Å². The lowest BCUT2D eigenvalue weighted by molar-refractivity contribution is -0.119. The summed E-state index contributed by atoms with van der Waals surface area (Å²) in [5, 5.41) is 2.95. The van der Waals surface area contributed by atoms with Gasteiger partial charge in [0.1, 0.15) is 0 Å². The van der Waals surface area contributed by atoms with E-state index in [2.05, 4.69) is 5.32 Å². The number of rotatable bonds is 4. The zero-order valence-electron chi connectivity index (χ0n) is 10.4. The summed E-state index contributed by atoms with van der Waals surface area (Å²) >= 11 is 0. The summed E-state index contributed by atoms with van der Waals surface area (Å²) in [6.07, 6.45) is 0. The Morgan fingerprint density at radius 3 is 2.56 bits per heavy atom. The van der Waals surface area contributed by atoms with E-state index in [1.54, 1.807) is 0 Å². The predicted molar refractivity (Wildman–Crippen MR) is 67.5 cm³/mol. The molecule has 88 valence electrons. The van der Waals surface area contributed by atoms with Crippen LogP contribution in [-0.4, -0.2) is 31.4 Å². The summed E-state index contributed by atoms with van der Waals surface area (Å²) in [6.45, 7) is 4.69. The Kier molecular flexibility index (Phi) is 4.50. The monoisotopic (exact) mass is 220 g/mol. The molecule has 1 unspecified atom stereocenters. The second-order valence-corrected chi connectivity index (χ2v) is 4.47. The third-order valence-electron chi connectivity index (χ3n) is 2.49. The van der Waals surface area contributed by atoms with Crippen LogP contribution >= 0.6 is 0 Å². The van der Waals surface area contributed by atoms with Crippen molar-refractivity contribution in [1.29, 1.82) is 0 Å². The van der Waals surface area contributed by atoms with Crippen molar-refractivity contribution in [2.24, 2.45) is 5.92 Å². The summed E-state index contributed by atoms with van der Waals surface area (Å²) in [7, 11) is 3.94. The fourth-order valence-electron chi connectivity index (χ4n) is 1.60. The molecule has 0 radical (unpaired) electrons. The van der Waals surface area contributed by atoms with Gasteiger partial charge in [0.15, 0.2) is 0 Å². The molecule has 0 fully saturated rings. The smallest absolute Gasteiger partial charge is 0.228 e. The first-order valence-corrected chi connectivity index (χ1v) is 5.52. The van der Waals surface area contributed by atoms with E-state index in [0.29, 0.717) is 0 Å². The highest BCUT2D eigenvalue weighted by Gasteiger charge is 2.14. The van der Waals surface area contributed by atoms with Gasteiger partial charge in [0.05, 0.1) is 0 Å². The molecule has 1 atom stereocenters. The molecule has 3 nitrogen and oxygen atoms in total. The van der Waals surface area contributed by atoms with Crippen LogP contribution < -0.4 is 5.32 Å². The maximum Gasteiger partial charge on any atom is 0.228 e. The molecule has 0 aliphatic carbocycles. The molecule has 3 heteroatoms. The van der Waals surface area contributed by atoms with Crippen molar-refractivity contribution >= 4 is 11.6 Å². The number of carbonyl (C=O) groups excluding carboxylic acids is 1. The Bertz CT molecular complexity index is 361. The second kappa shape index (κ2) is 5.66. The molecule has 0 bridgehead atoms. The molecule has 1 N–H and O–H groups in total. The highest BCUT2D eigenvalue weighted by molar-refractivity contribution is 5.93. The normalized spacial score (nSPS) is 12.6. The number of hydrogen-bond donors (Lipinski definition) is 1. The molecule has 0 spiro atoms. The quantitative estimate of drug-likeness (QED) is 0.843. The van der Waals surface area contributed by atoms with E-state index >= 15 is 0 Å². The Morgan fingerprint density at radius 2 is 2.00 bits per heavy atom. The SMILES string of the molecule is Cc1ccccc1NC(=O)C(C)CN(C)C. The molecule has 1 aromatic carbocycles. The highest BCUT2D eigenvalue weighted by atomic mass is 16.1. The lowest BCUT2D eigenvalue weighted by Gasteiger charge is -2.17. The van der Waals surface area contributed by atoms with E-state index in [1.807, 2.05) is 57.1 Å². The summed E-state index contributed by atoms with van der Waals surface area (Å²) in [6, 6.07) is 7.81. The van der Waals surface area contributed by atoms with Crippen molar-refractivity contribution in [2.75, 3.05) is 26.0 Å². The number of nitrogens with one attached hydrogen (secondary N) is 1. The molecule has 16 heavy (non-hydrogen) atoms. The lowest BCUT2D eigenvalue weighted by Crippen LogP contribution is -2.30. The molecule has 0 aromatic heterocycles. The van der Waals surface area contributed by atoms with Crippen LogP contribution in [0.2, 0.25) is 0 Å². The van der Waals surface area contributed by atoms with E-state index in [9.17, 15) is 4.79 Å². The summed E-state index contributed by atoms with van der Waals surface area (Å²) in [5.74, 6) is 0.0672. The van der Waals surface area contributed by atoms with Gasteiger partial charge in [-0.3, -0.25) is 4.79 Å².